The number of benzene rings is 11. The maximum absolute atomic E-state index is 6.45. The Morgan fingerprint density at radius 1 is 0.275 bits per heavy atom. The fourth-order valence-corrected chi connectivity index (χ4v) is 11.0. The van der Waals surface area contributed by atoms with Crippen LogP contribution in [0.5, 0.6) is 0 Å². The van der Waals surface area contributed by atoms with Crippen LogP contribution in [0.3, 0.4) is 0 Å². The third-order valence-electron chi connectivity index (χ3n) is 14.2. The Morgan fingerprint density at radius 3 is 1.30 bits per heavy atom. The highest BCUT2D eigenvalue weighted by molar-refractivity contribution is 6.09. The summed E-state index contributed by atoms with van der Waals surface area (Å²) in [4.78, 5) is 2.38. The Bertz CT molecular complexity index is 3750. The molecule has 2 heteroatoms. The molecule has 0 saturated carbocycles. The molecule has 1 aliphatic carbocycles. The lowest BCUT2D eigenvalue weighted by Crippen LogP contribution is -2.28. The van der Waals surface area contributed by atoms with Gasteiger partial charge in [0.15, 0.2) is 0 Å². The van der Waals surface area contributed by atoms with Crippen molar-refractivity contribution in [2.75, 3.05) is 4.90 Å². The van der Waals surface area contributed by atoms with Gasteiger partial charge in [0.1, 0.15) is 11.2 Å². The summed E-state index contributed by atoms with van der Waals surface area (Å²) in [6, 6.07) is 99.1. The lowest BCUT2D eigenvalue weighted by Gasteiger charge is -2.34. The molecule has 324 valence electrons. The third kappa shape index (κ3) is 6.80. The van der Waals surface area contributed by atoms with E-state index >= 15 is 0 Å². The first kappa shape index (κ1) is 40.3. The minimum Gasteiger partial charge on any atom is -0.455 e. The first-order valence-corrected chi connectivity index (χ1v) is 23.7. The molecule has 2 nitrogen and oxygen atoms in total. The monoisotopic (exact) mass is 879 g/mol. The molecule has 0 amide bonds. The lowest BCUT2D eigenvalue weighted by atomic mass is 9.68. The van der Waals surface area contributed by atoms with Crippen LogP contribution in [0.4, 0.5) is 17.1 Å². The van der Waals surface area contributed by atoms with Crippen molar-refractivity contribution in [1.82, 2.24) is 0 Å². The summed E-state index contributed by atoms with van der Waals surface area (Å²) in [5.74, 6) is 0. The van der Waals surface area contributed by atoms with Crippen molar-refractivity contribution in [3.8, 4) is 55.6 Å². The van der Waals surface area contributed by atoms with Gasteiger partial charge in [-0.05, 0) is 121 Å². The first-order chi connectivity index (χ1) is 34.2. The van der Waals surface area contributed by atoms with Crippen LogP contribution in [0.1, 0.15) is 22.3 Å². The average molecular weight is 880 g/mol. The Hall–Kier alpha value is -8.98. The zero-order valence-corrected chi connectivity index (χ0v) is 37.8. The summed E-state index contributed by atoms with van der Waals surface area (Å²) in [5.41, 5.74) is 21.6. The van der Waals surface area contributed by atoms with Crippen LogP contribution < -0.4 is 4.90 Å². The molecule has 12 aromatic rings. The summed E-state index contributed by atoms with van der Waals surface area (Å²) < 4.78 is 6.45. The van der Waals surface area contributed by atoms with Gasteiger partial charge in [-0.15, -0.1) is 0 Å². The normalized spacial score (nSPS) is 12.5. The summed E-state index contributed by atoms with van der Waals surface area (Å²) in [6.45, 7) is 0. The van der Waals surface area contributed by atoms with E-state index in [1.165, 1.54) is 55.6 Å². The zero-order valence-electron chi connectivity index (χ0n) is 37.8. The first-order valence-electron chi connectivity index (χ1n) is 23.7. The minimum absolute atomic E-state index is 0.471. The van der Waals surface area contributed by atoms with Crippen molar-refractivity contribution in [1.29, 1.82) is 0 Å². The zero-order chi connectivity index (χ0) is 45.7. The molecule has 0 aliphatic heterocycles. The second kappa shape index (κ2) is 16.7. The summed E-state index contributed by atoms with van der Waals surface area (Å²) in [5, 5.41) is 2.27. The molecule has 0 atom stereocenters. The van der Waals surface area contributed by atoms with Crippen LogP contribution in [0, 0.1) is 0 Å². The van der Waals surface area contributed by atoms with E-state index in [4.69, 9.17) is 4.42 Å². The highest BCUT2D eigenvalue weighted by Crippen LogP contribution is 2.56. The average Bonchev–Trinajstić information content (AvgIpc) is 3.96. The smallest absolute Gasteiger partial charge is 0.143 e. The summed E-state index contributed by atoms with van der Waals surface area (Å²) in [7, 11) is 0. The Kier molecular flexibility index (Phi) is 9.77. The topological polar surface area (TPSA) is 16.4 Å². The van der Waals surface area contributed by atoms with Crippen molar-refractivity contribution in [3.05, 3.63) is 295 Å². The van der Waals surface area contributed by atoms with E-state index in [0.29, 0.717) is 0 Å². The number of rotatable bonds is 9. The van der Waals surface area contributed by atoms with Gasteiger partial charge < -0.3 is 9.32 Å². The van der Waals surface area contributed by atoms with Gasteiger partial charge >= 0.3 is 0 Å². The Labute approximate surface area is 402 Å². The van der Waals surface area contributed by atoms with E-state index in [1.807, 2.05) is 12.1 Å². The van der Waals surface area contributed by atoms with Crippen LogP contribution >= 0.6 is 0 Å². The second-order valence-electron chi connectivity index (χ2n) is 18.0. The van der Waals surface area contributed by atoms with Gasteiger partial charge in [-0.3, -0.25) is 0 Å². The van der Waals surface area contributed by atoms with Crippen LogP contribution in [0.2, 0.25) is 0 Å². The maximum Gasteiger partial charge on any atom is 0.143 e. The Morgan fingerprint density at radius 2 is 0.681 bits per heavy atom. The SMILES string of the molecule is c1ccc(-c2ccc(-c3ccc(N(c4ccc(-c5cccc(-c6cccc7c6oc6ccccc67)c5)cc4)c4ccc(C5(c6ccccc6)c6ccccc6-c6ccccc65)cc4)cc3)cc2)cc1. The standard InChI is InChI=1S/C67H45NO/c1-3-15-46(16-4-1)47-29-31-48(32-30-47)49-33-39-55(40-34-49)68(56-41-35-50(36-42-56)51-17-13-18-52(45-51)58-24-14-25-62-61-23-9-12-28-65(61)69-66(58)62)57-43-37-54(38-44-57)67(53-19-5-2-6-20-53)63-26-10-7-21-59(63)60-22-8-11-27-64(60)67/h1-45H. The Balaban J connectivity index is 0.894. The molecule has 69 heavy (non-hydrogen) atoms. The van der Waals surface area contributed by atoms with Crippen LogP contribution in [-0.2, 0) is 5.41 Å². The highest BCUT2D eigenvalue weighted by atomic mass is 16.3. The molecular weight excluding hydrogens is 835 g/mol. The predicted octanol–water partition coefficient (Wildman–Crippen LogP) is 18.1. The van der Waals surface area contributed by atoms with Gasteiger partial charge in [0.2, 0.25) is 0 Å². The van der Waals surface area contributed by atoms with E-state index in [1.54, 1.807) is 0 Å². The molecule has 0 fully saturated rings. The van der Waals surface area contributed by atoms with Crippen molar-refractivity contribution in [2.24, 2.45) is 0 Å². The molecule has 0 bridgehead atoms. The van der Waals surface area contributed by atoms with Crippen molar-refractivity contribution >= 4 is 39.0 Å². The molecule has 1 aromatic heterocycles. The number of para-hydroxylation sites is 2. The van der Waals surface area contributed by atoms with Crippen LogP contribution in [-0.4, -0.2) is 0 Å². The molecule has 1 aliphatic rings. The molecule has 0 radical (unpaired) electrons. The fourth-order valence-electron chi connectivity index (χ4n) is 11.0. The largest absolute Gasteiger partial charge is 0.455 e. The highest BCUT2D eigenvalue weighted by Gasteiger charge is 2.45. The van der Waals surface area contributed by atoms with E-state index in [0.717, 1.165) is 61.3 Å². The number of anilines is 3. The van der Waals surface area contributed by atoms with Crippen molar-refractivity contribution in [3.63, 3.8) is 0 Å². The molecule has 0 unspecified atom stereocenters. The van der Waals surface area contributed by atoms with Gasteiger partial charge in [0, 0.05) is 33.4 Å². The maximum atomic E-state index is 6.45. The number of nitrogens with zero attached hydrogens (tertiary/aromatic N) is 1. The lowest BCUT2D eigenvalue weighted by molar-refractivity contribution is 0.670. The number of hydrogen-bond acceptors (Lipinski definition) is 2. The summed E-state index contributed by atoms with van der Waals surface area (Å²) in [6.07, 6.45) is 0. The van der Waals surface area contributed by atoms with E-state index in [9.17, 15) is 0 Å². The second-order valence-corrected chi connectivity index (χ2v) is 18.0. The number of hydrogen-bond donors (Lipinski definition) is 0. The molecular formula is C67H45NO. The third-order valence-corrected chi connectivity index (χ3v) is 14.2. The fraction of sp³-hybridized carbons (Fsp3) is 0.0149. The molecule has 11 aromatic carbocycles. The van der Waals surface area contributed by atoms with Crippen molar-refractivity contribution in [2.45, 2.75) is 5.41 Å². The van der Waals surface area contributed by atoms with E-state index in [2.05, 4.69) is 266 Å². The molecule has 1 heterocycles. The quantitative estimate of drug-likeness (QED) is 0.144. The van der Waals surface area contributed by atoms with E-state index in [-0.39, 0.29) is 0 Å². The predicted molar refractivity (Wildman–Crippen MR) is 287 cm³/mol. The van der Waals surface area contributed by atoms with Gasteiger partial charge in [0.05, 0.1) is 5.41 Å². The molecule has 0 spiro atoms. The van der Waals surface area contributed by atoms with Gasteiger partial charge in [0.25, 0.3) is 0 Å². The molecule has 0 N–H and O–H groups in total. The number of furan rings is 1. The van der Waals surface area contributed by atoms with Gasteiger partial charge in [-0.25, -0.2) is 0 Å². The van der Waals surface area contributed by atoms with Crippen molar-refractivity contribution < 1.29 is 4.42 Å². The molecule has 13 rings (SSSR count). The number of fused-ring (bicyclic) bond motifs is 6. The van der Waals surface area contributed by atoms with E-state index < -0.39 is 5.41 Å². The minimum atomic E-state index is -0.471. The molecule has 0 saturated heterocycles. The summed E-state index contributed by atoms with van der Waals surface area (Å²) >= 11 is 0. The van der Waals surface area contributed by atoms with Gasteiger partial charge in [-0.2, -0.15) is 0 Å². The van der Waals surface area contributed by atoms with Gasteiger partial charge in [-0.1, -0.05) is 224 Å². The van der Waals surface area contributed by atoms with Crippen LogP contribution in [0.15, 0.2) is 277 Å². The van der Waals surface area contributed by atoms with Crippen LogP contribution in [0.25, 0.3) is 77.6 Å².